The molecule has 5 aromatic rings. The van der Waals surface area contributed by atoms with Gasteiger partial charge in [0, 0.05) is 34.3 Å². The van der Waals surface area contributed by atoms with Gasteiger partial charge in [0.05, 0.1) is 29.2 Å². The first kappa shape index (κ1) is 24.6. The van der Waals surface area contributed by atoms with Crippen LogP contribution in [0.15, 0.2) is 59.0 Å². The van der Waals surface area contributed by atoms with Gasteiger partial charge < -0.3 is 19.5 Å². The van der Waals surface area contributed by atoms with Gasteiger partial charge in [-0.1, -0.05) is 12.1 Å². The Morgan fingerprint density at radius 3 is 2.87 bits per heavy atom. The Labute approximate surface area is 225 Å². The highest BCUT2D eigenvalue weighted by Crippen LogP contribution is 2.30. The molecular weight excluding hydrogens is 492 g/mol. The van der Waals surface area contributed by atoms with Gasteiger partial charge in [0.1, 0.15) is 23.8 Å². The lowest BCUT2D eigenvalue weighted by Crippen LogP contribution is -2.33. The summed E-state index contributed by atoms with van der Waals surface area (Å²) in [4.78, 5) is 26.0. The summed E-state index contributed by atoms with van der Waals surface area (Å²) in [6, 6.07) is 19.4. The van der Waals surface area contributed by atoms with Crippen LogP contribution in [0.4, 0.5) is 5.69 Å². The third kappa shape index (κ3) is 5.19. The SMILES string of the molecule is Cc1cc2c(C#N)ccc(COc3cccc(C4CCN(Cc5nc6ccc(NC=O)cc6[nH]5)CC4)n3)c2o1. The molecule has 1 aliphatic heterocycles. The molecule has 9 heteroatoms. The van der Waals surface area contributed by atoms with E-state index >= 15 is 0 Å². The molecule has 196 valence electrons. The molecule has 39 heavy (non-hydrogen) atoms. The molecule has 1 saturated heterocycles. The maximum Gasteiger partial charge on any atom is 0.213 e. The van der Waals surface area contributed by atoms with Gasteiger partial charge in [-0.05, 0) is 69.3 Å². The van der Waals surface area contributed by atoms with E-state index in [0.29, 0.717) is 36.0 Å². The van der Waals surface area contributed by atoms with Crippen LogP contribution in [0.2, 0.25) is 0 Å². The summed E-state index contributed by atoms with van der Waals surface area (Å²) in [5.41, 5.74) is 5.77. The van der Waals surface area contributed by atoms with Crippen molar-refractivity contribution < 1.29 is 13.9 Å². The fraction of sp³-hybridized carbons (Fsp3) is 0.267. The Hall–Kier alpha value is -4.68. The molecule has 0 radical (unpaired) electrons. The Balaban J connectivity index is 1.07. The summed E-state index contributed by atoms with van der Waals surface area (Å²) in [7, 11) is 0. The number of benzene rings is 2. The highest BCUT2D eigenvalue weighted by molar-refractivity contribution is 5.87. The van der Waals surface area contributed by atoms with Crippen molar-refractivity contribution >= 4 is 34.1 Å². The van der Waals surface area contributed by atoms with E-state index in [0.717, 1.165) is 77.4 Å². The van der Waals surface area contributed by atoms with Crippen LogP contribution in [-0.2, 0) is 17.9 Å². The third-order valence-corrected chi connectivity index (χ3v) is 7.27. The number of furan rings is 1. The predicted molar refractivity (Wildman–Crippen MR) is 147 cm³/mol. The quantitative estimate of drug-likeness (QED) is 0.262. The van der Waals surface area contributed by atoms with Crippen molar-refractivity contribution in [1.29, 1.82) is 5.26 Å². The van der Waals surface area contributed by atoms with Crippen LogP contribution in [0.25, 0.3) is 22.0 Å². The molecule has 6 rings (SSSR count). The van der Waals surface area contributed by atoms with Crippen LogP contribution in [0.3, 0.4) is 0 Å². The Morgan fingerprint density at radius 2 is 2.05 bits per heavy atom. The molecule has 2 aromatic carbocycles. The number of aromatic amines is 1. The van der Waals surface area contributed by atoms with Crippen molar-refractivity contribution in [2.45, 2.75) is 38.8 Å². The molecule has 1 aliphatic rings. The van der Waals surface area contributed by atoms with Crippen LogP contribution < -0.4 is 10.1 Å². The summed E-state index contributed by atoms with van der Waals surface area (Å²) < 4.78 is 11.9. The molecule has 0 bridgehead atoms. The lowest BCUT2D eigenvalue weighted by molar-refractivity contribution is -0.105. The molecule has 0 atom stereocenters. The van der Waals surface area contributed by atoms with Crippen molar-refractivity contribution in [1.82, 2.24) is 19.9 Å². The summed E-state index contributed by atoms with van der Waals surface area (Å²) in [6.07, 6.45) is 2.69. The second-order valence-corrected chi connectivity index (χ2v) is 9.90. The lowest BCUT2D eigenvalue weighted by atomic mass is 9.93. The molecule has 0 saturated carbocycles. The lowest BCUT2D eigenvalue weighted by Gasteiger charge is -2.31. The highest BCUT2D eigenvalue weighted by Gasteiger charge is 2.23. The molecule has 1 amide bonds. The standard InChI is InChI=1S/C30H28N6O3/c1-19-13-24-21(15-31)5-6-22(30(24)39-19)17-38-29-4-2-3-25(35-29)20-9-11-36(12-10-20)16-28-33-26-8-7-23(32-18-37)14-27(26)34-28/h2-8,13-14,18,20H,9-12,16-17H2,1H3,(H,32,37)(H,33,34). The minimum Gasteiger partial charge on any atom is -0.473 e. The molecule has 3 aromatic heterocycles. The Kier molecular flexibility index (Phi) is 6.69. The van der Waals surface area contributed by atoms with Crippen LogP contribution in [-0.4, -0.2) is 39.4 Å². The molecule has 2 N–H and O–H groups in total. The van der Waals surface area contributed by atoms with E-state index in [-0.39, 0.29) is 0 Å². The van der Waals surface area contributed by atoms with Crippen LogP contribution >= 0.6 is 0 Å². The van der Waals surface area contributed by atoms with Crippen LogP contribution in [0, 0.1) is 18.3 Å². The maximum atomic E-state index is 10.7. The molecular formula is C30H28N6O3. The number of carbonyl (C=O) groups excluding carboxylic acids is 1. The second-order valence-electron chi connectivity index (χ2n) is 9.90. The molecule has 0 aliphatic carbocycles. The van der Waals surface area contributed by atoms with E-state index in [1.54, 1.807) is 6.07 Å². The predicted octanol–water partition coefficient (Wildman–Crippen LogP) is 5.41. The number of hydrogen-bond acceptors (Lipinski definition) is 7. The Bertz CT molecular complexity index is 1690. The third-order valence-electron chi connectivity index (χ3n) is 7.27. The number of rotatable bonds is 8. The van der Waals surface area contributed by atoms with Crippen LogP contribution in [0.5, 0.6) is 5.88 Å². The molecule has 0 unspecified atom stereocenters. The largest absolute Gasteiger partial charge is 0.473 e. The van der Waals surface area contributed by atoms with E-state index in [1.807, 2.05) is 49.4 Å². The molecule has 1 fully saturated rings. The average Bonchev–Trinajstić information content (AvgIpc) is 3.54. The Morgan fingerprint density at radius 1 is 1.18 bits per heavy atom. The zero-order valence-electron chi connectivity index (χ0n) is 21.6. The van der Waals surface area contributed by atoms with Gasteiger partial charge in [0.25, 0.3) is 0 Å². The van der Waals surface area contributed by atoms with Crippen molar-refractivity contribution in [3.05, 3.63) is 83.0 Å². The number of amides is 1. The minimum atomic E-state index is 0.314. The van der Waals surface area contributed by atoms with Gasteiger partial charge in [-0.25, -0.2) is 9.97 Å². The second kappa shape index (κ2) is 10.6. The number of aromatic nitrogens is 3. The number of carbonyl (C=O) groups is 1. The normalized spacial score (nSPS) is 14.5. The number of pyridine rings is 1. The smallest absolute Gasteiger partial charge is 0.213 e. The first-order valence-corrected chi connectivity index (χ1v) is 13.0. The minimum absolute atomic E-state index is 0.314. The number of anilines is 1. The highest BCUT2D eigenvalue weighted by atomic mass is 16.5. The molecule has 9 nitrogen and oxygen atoms in total. The summed E-state index contributed by atoms with van der Waals surface area (Å²) >= 11 is 0. The summed E-state index contributed by atoms with van der Waals surface area (Å²) in [6.45, 7) is 4.85. The van der Waals surface area contributed by atoms with E-state index in [4.69, 9.17) is 19.1 Å². The number of nitrogens with one attached hydrogen (secondary N) is 2. The van der Waals surface area contributed by atoms with E-state index in [2.05, 4.69) is 27.3 Å². The van der Waals surface area contributed by atoms with E-state index < -0.39 is 0 Å². The number of aryl methyl sites for hydroxylation is 1. The number of ether oxygens (including phenoxy) is 1. The van der Waals surface area contributed by atoms with Gasteiger partial charge in [-0.15, -0.1) is 0 Å². The number of imidazole rings is 1. The van der Waals surface area contributed by atoms with Crippen molar-refractivity contribution in [2.24, 2.45) is 0 Å². The number of fused-ring (bicyclic) bond motifs is 2. The fourth-order valence-corrected chi connectivity index (χ4v) is 5.30. The molecule has 0 spiro atoms. The first-order valence-electron chi connectivity index (χ1n) is 13.0. The number of H-pyrrole nitrogens is 1. The number of nitriles is 1. The van der Waals surface area contributed by atoms with Gasteiger partial charge in [0.2, 0.25) is 12.3 Å². The van der Waals surface area contributed by atoms with E-state index in [1.165, 1.54) is 0 Å². The summed E-state index contributed by atoms with van der Waals surface area (Å²) in [5, 5.41) is 12.9. The van der Waals surface area contributed by atoms with E-state index in [9.17, 15) is 10.1 Å². The van der Waals surface area contributed by atoms with Crippen molar-refractivity contribution in [3.8, 4) is 11.9 Å². The van der Waals surface area contributed by atoms with Gasteiger partial charge >= 0.3 is 0 Å². The van der Waals surface area contributed by atoms with Gasteiger partial charge in [0.15, 0.2) is 0 Å². The number of hydrogen-bond donors (Lipinski definition) is 2. The average molecular weight is 521 g/mol. The fourth-order valence-electron chi connectivity index (χ4n) is 5.30. The van der Waals surface area contributed by atoms with Crippen molar-refractivity contribution in [3.63, 3.8) is 0 Å². The summed E-state index contributed by atoms with van der Waals surface area (Å²) in [5.74, 6) is 2.64. The monoisotopic (exact) mass is 520 g/mol. The number of piperidine rings is 1. The topological polar surface area (TPSA) is 120 Å². The van der Waals surface area contributed by atoms with Crippen molar-refractivity contribution in [2.75, 3.05) is 18.4 Å². The maximum absolute atomic E-state index is 10.7. The van der Waals surface area contributed by atoms with Gasteiger partial charge in [-0.2, -0.15) is 5.26 Å². The molecule has 4 heterocycles. The first-order chi connectivity index (χ1) is 19.1. The number of likely N-dealkylation sites (tertiary alicyclic amines) is 1. The zero-order chi connectivity index (χ0) is 26.8. The number of nitrogens with zero attached hydrogens (tertiary/aromatic N) is 4. The van der Waals surface area contributed by atoms with Gasteiger partial charge in [-0.3, -0.25) is 9.69 Å². The van der Waals surface area contributed by atoms with Crippen LogP contribution in [0.1, 0.15) is 47.2 Å². The zero-order valence-corrected chi connectivity index (χ0v) is 21.6.